The Bertz CT molecular complexity index is 832. The van der Waals surface area contributed by atoms with Crippen LogP contribution in [0.3, 0.4) is 0 Å². The van der Waals surface area contributed by atoms with E-state index in [0.717, 1.165) is 0 Å². The van der Waals surface area contributed by atoms with Crippen LogP contribution >= 0.6 is 0 Å². The van der Waals surface area contributed by atoms with Crippen LogP contribution in [0, 0.1) is 11.7 Å². The van der Waals surface area contributed by atoms with E-state index in [1.54, 1.807) is 0 Å². The van der Waals surface area contributed by atoms with E-state index < -0.39 is 20.9 Å². The molecule has 0 spiro atoms. The summed E-state index contributed by atoms with van der Waals surface area (Å²) in [7, 11) is -3.80. The first-order valence-corrected chi connectivity index (χ1v) is 9.98. The number of carbonyl (C=O) groups is 1. The Morgan fingerprint density at radius 1 is 1.23 bits per heavy atom. The maximum absolute atomic E-state index is 12.9. The molecule has 0 saturated carbocycles. The number of hydrogen-bond acceptors (Lipinski definition) is 6. The summed E-state index contributed by atoms with van der Waals surface area (Å²) in [5.41, 5.74) is 0.430. The van der Waals surface area contributed by atoms with Gasteiger partial charge in [-0.15, -0.1) is 5.10 Å². The average molecular weight is 383 g/mol. The first-order chi connectivity index (χ1) is 12.3. The number of nitrogens with zero attached hydrogens (tertiary/aromatic N) is 2. The number of amides is 1. The van der Waals surface area contributed by atoms with Gasteiger partial charge in [0.05, 0.1) is 5.75 Å². The first-order valence-electron chi connectivity index (χ1n) is 8.32. The van der Waals surface area contributed by atoms with Crippen molar-refractivity contribution in [3.63, 3.8) is 0 Å². The van der Waals surface area contributed by atoms with Crippen LogP contribution in [0.25, 0.3) is 0 Å². The maximum Gasteiger partial charge on any atom is 0.335 e. The van der Waals surface area contributed by atoms with E-state index in [-0.39, 0.29) is 17.6 Å². The van der Waals surface area contributed by atoms with Crippen LogP contribution in [0.1, 0.15) is 38.1 Å². The summed E-state index contributed by atoms with van der Waals surface area (Å²) < 4.78 is 42.7. The molecule has 1 N–H and O–H groups in total. The molecular weight excluding hydrogens is 361 g/mol. The second-order valence-electron chi connectivity index (χ2n) is 6.40. The molecular formula is C17H22FN3O4S. The van der Waals surface area contributed by atoms with Crippen molar-refractivity contribution >= 4 is 15.7 Å². The Labute approximate surface area is 151 Å². The summed E-state index contributed by atoms with van der Waals surface area (Å²) in [6.07, 6.45) is 1.39. The number of aromatic nitrogens is 2. The number of halogens is 1. The van der Waals surface area contributed by atoms with Crippen LogP contribution in [0.5, 0.6) is 0 Å². The van der Waals surface area contributed by atoms with E-state index in [1.807, 2.05) is 13.8 Å². The molecule has 1 heterocycles. The molecule has 0 radical (unpaired) electrons. The highest BCUT2D eigenvalue weighted by atomic mass is 32.2. The Morgan fingerprint density at radius 3 is 2.58 bits per heavy atom. The van der Waals surface area contributed by atoms with Crippen molar-refractivity contribution in [3.8, 4) is 0 Å². The van der Waals surface area contributed by atoms with Crippen molar-refractivity contribution in [2.24, 2.45) is 5.92 Å². The molecule has 0 aliphatic rings. The molecule has 2 aromatic rings. The lowest BCUT2D eigenvalue weighted by molar-refractivity contribution is -0.121. The molecule has 1 aromatic carbocycles. The van der Waals surface area contributed by atoms with Crippen molar-refractivity contribution < 1.29 is 22.0 Å². The quantitative estimate of drug-likeness (QED) is 0.667. The van der Waals surface area contributed by atoms with Gasteiger partial charge >= 0.3 is 5.22 Å². The largest absolute Gasteiger partial charge is 0.413 e. The fourth-order valence-electron chi connectivity index (χ4n) is 2.24. The lowest BCUT2D eigenvalue weighted by atomic mass is 10.1. The minimum Gasteiger partial charge on any atom is -0.413 e. The summed E-state index contributed by atoms with van der Waals surface area (Å²) in [6, 6.07) is 5.17. The third-order valence-corrected chi connectivity index (χ3v) is 4.88. The van der Waals surface area contributed by atoms with Crippen molar-refractivity contribution in [3.05, 3.63) is 41.5 Å². The van der Waals surface area contributed by atoms with E-state index >= 15 is 0 Å². The van der Waals surface area contributed by atoms with Gasteiger partial charge in [0, 0.05) is 19.4 Å². The number of benzene rings is 1. The summed E-state index contributed by atoms with van der Waals surface area (Å²) in [4.78, 5) is 11.5. The molecule has 142 valence electrons. The summed E-state index contributed by atoms with van der Waals surface area (Å²) in [6.45, 7) is 4.38. The smallest absolute Gasteiger partial charge is 0.335 e. The summed E-state index contributed by atoms with van der Waals surface area (Å²) in [5, 5.41) is 9.65. The van der Waals surface area contributed by atoms with Crippen LogP contribution in [0.15, 0.2) is 33.9 Å². The summed E-state index contributed by atoms with van der Waals surface area (Å²) >= 11 is 0. The molecule has 0 bridgehead atoms. The molecule has 0 fully saturated rings. The van der Waals surface area contributed by atoms with Gasteiger partial charge in [0.1, 0.15) is 5.82 Å². The standard InChI is InChI=1S/C17H22FN3O4S/c1-12(2)10-15(22)19-9-3-4-16-20-21-17(25-16)26(23,24)11-13-5-7-14(18)8-6-13/h5-8,12H,3-4,9-11H2,1-2H3,(H,19,22). The summed E-state index contributed by atoms with van der Waals surface area (Å²) in [5.74, 6) is -0.319. The molecule has 0 atom stereocenters. The maximum atomic E-state index is 12.9. The lowest BCUT2D eigenvalue weighted by Gasteiger charge is -2.05. The van der Waals surface area contributed by atoms with Crippen LogP contribution in [0.4, 0.5) is 4.39 Å². The molecule has 9 heteroatoms. The third kappa shape index (κ3) is 6.21. The molecule has 0 unspecified atom stereocenters. The number of carbonyl (C=O) groups excluding carboxylic acids is 1. The molecule has 0 aliphatic carbocycles. The molecule has 1 amide bonds. The predicted octanol–water partition coefficient (Wildman–Crippen LogP) is 2.28. The van der Waals surface area contributed by atoms with Gasteiger partial charge in [0.25, 0.3) is 0 Å². The van der Waals surface area contributed by atoms with E-state index in [0.29, 0.717) is 37.3 Å². The van der Waals surface area contributed by atoms with Gasteiger partial charge < -0.3 is 9.73 Å². The van der Waals surface area contributed by atoms with Crippen molar-refractivity contribution in [2.75, 3.05) is 6.54 Å². The fraction of sp³-hybridized carbons (Fsp3) is 0.471. The van der Waals surface area contributed by atoms with Gasteiger partial charge in [-0.05, 0) is 30.0 Å². The second kappa shape index (κ2) is 8.88. The third-order valence-electron chi connectivity index (χ3n) is 3.47. The minimum absolute atomic E-state index is 0.0203. The fourth-order valence-corrected chi connectivity index (χ4v) is 3.38. The predicted molar refractivity (Wildman–Crippen MR) is 92.4 cm³/mol. The van der Waals surface area contributed by atoms with Crippen molar-refractivity contribution in [1.29, 1.82) is 0 Å². The van der Waals surface area contributed by atoms with Gasteiger partial charge in [-0.2, -0.15) is 0 Å². The Morgan fingerprint density at radius 2 is 1.92 bits per heavy atom. The van der Waals surface area contributed by atoms with Gasteiger partial charge in [0.15, 0.2) is 0 Å². The number of rotatable bonds is 9. The molecule has 0 aliphatic heterocycles. The minimum atomic E-state index is -3.80. The zero-order valence-corrected chi connectivity index (χ0v) is 15.6. The highest BCUT2D eigenvalue weighted by Crippen LogP contribution is 2.16. The van der Waals surface area contributed by atoms with Gasteiger partial charge in [-0.25, -0.2) is 12.8 Å². The number of hydrogen-bond donors (Lipinski definition) is 1. The van der Waals surface area contributed by atoms with Crippen LogP contribution in [-0.2, 0) is 26.8 Å². The topological polar surface area (TPSA) is 102 Å². The second-order valence-corrected chi connectivity index (χ2v) is 8.27. The highest BCUT2D eigenvalue weighted by Gasteiger charge is 2.23. The van der Waals surface area contributed by atoms with Crippen molar-refractivity contribution in [2.45, 2.75) is 44.1 Å². The Kier molecular flexibility index (Phi) is 6.84. The van der Waals surface area contributed by atoms with Gasteiger partial charge in [-0.3, -0.25) is 4.79 Å². The van der Waals surface area contributed by atoms with Crippen LogP contribution in [-0.4, -0.2) is 31.1 Å². The van der Waals surface area contributed by atoms with Crippen LogP contribution in [0.2, 0.25) is 0 Å². The van der Waals surface area contributed by atoms with E-state index in [4.69, 9.17) is 4.42 Å². The molecule has 26 heavy (non-hydrogen) atoms. The molecule has 2 rings (SSSR count). The highest BCUT2D eigenvalue weighted by molar-refractivity contribution is 7.90. The van der Waals surface area contributed by atoms with E-state index in [2.05, 4.69) is 15.5 Å². The molecule has 1 aromatic heterocycles. The SMILES string of the molecule is CC(C)CC(=O)NCCCc1nnc(S(=O)(=O)Cc2ccc(F)cc2)o1. The number of sulfone groups is 1. The molecule has 7 nitrogen and oxygen atoms in total. The first kappa shape index (κ1) is 20.0. The van der Waals surface area contributed by atoms with Crippen LogP contribution < -0.4 is 5.32 Å². The zero-order chi connectivity index (χ0) is 19.2. The zero-order valence-electron chi connectivity index (χ0n) is 14.7. The Hall–Kier alpha value is -2.29. The lowest BCUT2D eigenvalue weighted by Crippen LogP contribution is -2.25. The number of aryl methyl sites for hydroxylation is 1. The number of nitrogens with one attached hydrogen (secondary N) is 1. The Balaban J connectivity index is 1.86. The van der Waals surface area contributed by atoms with E-state index in [9.17, 15) is 17.6 Å². The van der Waals surface area contributed by atoms with Gasteiger partial charge in [-0.1, -0.05) is 31.1 Å². The van der Waals surface area contributed by atoms with Gasteiger partial charge in [0.2, 0.25) is 21.6 Å². The normalized spacial score (nSPS) is 11.7. The monoisotopic (exact) mass is 383 g/mol. The van der Waals surface area contributed by atoms with E-state index in [1.165, 1.54) is 24.3 Å². The van der Waals surface area contributed by atoms with Crippen molar-refractivity contribution in [1.82, 2.24) is 15.5 Å². The molecule has 0 saturated heterocycles. The average Bonchev–Trinajstić information content (AvgIpc) is 3.03.